The second-order valence-electron chi connectivity index (χ2n) is 7.06. The second kappa shape index (κ2) is 10.1. The molecule has 1 aliphatic rings. The number of benzene rings is 2. The minimum Gasteiger partial charge on any atom is -0.497 e. The summed E-state index contributed by atoms with van der Waals surface area (Å²) in [4.78, 5) is 14.8. The molecule has 0 bridgehead atoms. The van der Waals surface area contributed by atoms with Gasteiger partial charge in [0.15, 0.2) is 5.78 Å². The van der Waals surface area contributed by atoms with Gasteiger partial charge in [-0.2, -0.15) is 4.31 Å². The van der Waals surface area contributed by atoms with Crippen LogP contribution < -0.4 is 9.47 Å². The van der Waals surface area contributed by atoms with E-state index in [9.17, 15) is 13.2 Å². The van der Waals surface area contributed by atoms with Gasteiger partial charge in [0, 0.05) is 44.7 Å². The molecule has 0 aliphatic carbocycles. The molecule has 0 spiro atoms. The summed E-state index contributed by atoms with van der Waals surface area (Å²) in [6.45, 7) is 5.03. The summed E-state index contributed by atoms with van der Waals surface area (Å²) in [5, 5.41) is 0. The fourth-order valence-corrected chi connectivity index (χ4v) is 4.84. The van der Waals surface area contributed by atoms with E-state index >= 15 is 0 Å². The molecule has 30 heavy (non-hydrogen) atoms. The Hall–Kier alpha value is -2.42. The van der Waals surface area contributed by atoms with Crippen molar-refractivity contribution in [2.45, 2.75) is 18.2 Å². The molecule has 0 amide bonds. The number of methoxy groups -OCH3 is 1. The van der Waals surface area contributed by atoms with Crippen LogP contribution in [0.1, 0.15) is 23.7 Å². The van der Waals surface area contributed by atoms with Crippen molar-refractivity contribution < 1.29 is 22.7 Å². The number of sulfonamides is 1. The number of carbonyl (C=O) groups excluding carboxylic acids is 1. The Bertz CT molecular complexity index is 952. The van der Waals surface area contributed by atoms with Crippen LogP contribution in [0.5, 0.6) is 11.5 Å². The van der Waals surface area contributed by atoms with Gasteiger partial charge in [-0.05, 0) is 43.3 Å². The average Bonchev–Trinajstić information content (AvgIpc) is 2.78. The number of piperazine rings is 1. The lowest BCUT2D eigenvalue weighted by Gasteiger charge is -2.33. The number of nitrogens with zero attached hydrogens (tertiary/aromatic N) is 2. The number of ether oxygens (including phenoxy) is 2. The van der Waals surface area contributed by atoms with Crippen molar-refractivity contribution in [3.8, 4) is 11.5 Å². The number of carbonyl (C=O) groups is 1. The summed E-state index contributed by atoms with van der Waals surface area (Å²) in [7, 11) is -1.95. The number of Topliss-reactive ketones (excluding diaryl/α,β-unsaturated/α-hetero) is 1. The maximum Gasteiger partial charge on any atom is 0.243 e. The maximum atomic E-state index is 12.9. The van der Waals surface area contributed by atoms with E-state index in [2.05, 4.69) is 4.90 Å². The summed E-state index contributed by atoms with van der Waals surface area (Å²) in [5.41, 5.74) is 0.631. The highest BCUT2D eigenvalue weighted by Crippen LogP contribution is 2.21. The molecular weight excluding hydrogens is 404 g/mol. The molecule has 0 N–H and O–H groups in total. The monoisotopic (exact) mass is 432 g/mol. The van der Waals surface area contributed by atoms with Crippen molar-refractivity contribution in [3.63, 3.8) is 0 Å². The first-order valence-electron chi connectivity index (χ1n) is 10.1. The highest BCUT2D eigenvalue weighted by Gasteiger charge is 2.28. The van der Waals surface area contributed by atoms with Gasteiger partial charge in [-0.3, -0.25) is 4.79 Å². The Kier molecular flexibility index (Phi) is 7.47. The molecule has 0 saturated carbocycles. The topological polar surface area (TPSA) is 76.2 Å². The lowest BCUT2D eigenvalue weighted by Crippen LogP contribution is -2.48. The minimum atomic E-state index is -3.53. The molecule has 1 heterocycles. The molecule has 2 aromatic rings. The highest BCUT2D eigenvalue weighted by atomic mass is 32.2. The summed E-state index contributed by atoms with van der Waals surface area (Å²) in [6, 6.07) is 13.7. The molecule has 1 fully saturated rings. The molecule has 0 unspecified atom stereocenters. The van der Waals surface area contributed by atoms with E-state index in [1.807, 2.05) is 6.92 Å². The molecule has 1 aliphatic heterocycles. The Morgan fingerprint density at radius 1 is 1.00 bits per heavy atom. The Morgan fingerprint density at radius 3 is 2.33 bits per heavy atom. The van der Waals surface area contributed by atoms with E-state index in [1.165, 1.54) is 4.31 Å². The standard InChI is InChI=1S/C22H28N2O5S/c1-3-29-19-7-9-21(10-8-19)30(26,27)24-15-13-23(14-16-24)12-11-22(25)18-5-4-6-20(17-18)28-2/h4-10,17H,3,11-16H2,1-2H3. The molecule has 7 nitrogen and oxygen atoms in total. The number of rotatable bonds is 9. The van der Waals surface area contributed by atoms with Gasteiger partial charge in [0.05, 0.1) is 18.6 Å². The lowest BCUT2D eigenvalue weighted by molar-refractivity contribution is 0.0952. The Morgan fingerprint density at radius 2 is 1.70 bits per heavy atom. The average molecular weight is 433 g/mol. The van der Waals surface area contributed by atoms with Gasteiger partial charge in [0.2, 0.25) is 10.0 Å². The first kappa shape index (κ1) is 22.3. The van der Waals surface area contributed by atoms with E-state index in [0.29, 0.717) is 62.8 Å². The van der Waals surface area contributed by atoms with Gasteiger partial charge < -0.3 is 14.4 Å². The summed E-state index contributed by atoms with van der Waals surface area (Å²) in [5.74, 6) is 1.37. The van der Waals surface area contributed by atoms with E-state index < -0.39 is 10.0 Å². The van der Waals surface area contributed by atoms with Crippen molar-refractivity contribution in [3.05, 3.63) is 54.1 Å². The predicted octanol–water partition coefficient (Wildman–Crippen LogP) is 2.67. The maximum absolute atomic E-state index is 12.9. The van der Waals surface area contributed by atoms with Crippen molar-refractivity contribution >= 4 is 15.8 Å². The van der Waals surface area contributed by atoms with E-state index in [1.54, 1.807) is 55.6 Å². The quantitative estimate of drug-likeness (QED) is 0.567. The summed E-state index contributed by atoms with van der Waals surface area (Å²) < 4.78 is 37.8. The third-order valence-corrected chi connectivity index (χ3v) is 7.06. The molecule has 8 heteroatoms. The van der Waals surface area contributed by atoms with E-state index in [0.717, 1.165) is 0 Å². The predicted molar refractivity (Wildman–Crippen MR) is 115 cm³/mol. The fourth-order valence-electron chi connectivity index (χ4n) is 3.42. The molecule has 2 aromatic carbocycles. The first-order chi connectivity index (χ1) is 14.4. The van der Waals surface area contributed by atoms with Crippen LogP contribution in [0.3, 0.4) is 0 Å². The lowest BCUT2D eigenvalue weighted by atomic mass is 10.1. The van der Waals surface area contributed by atoms with Crippen molar-refractivity contribution in [2.75, 3.05) is 46.4 Å². The number of ketones is 1. The number of hydrogen-bond donors (Lipinski definition) is 0. The van der Waals surface area contributed by atoms with Crippen LogP contribution in [0, 0.1) is 0 Å². The van der Waals surface area contributed by atoms with E-state index in [4.69, 9.17) is 9.47 Å². The molecule has 162 valence electrons. The third-order valence-electron chi connectivity index (χ3n) is 5.15. The zero-order valence-electron chi connectivity index (χ0n) is 17.4. The van der Waals surface area contributed by atoms with Crippen LogP contribution in [-0.4, -0.2) is 69.8 Å². The molecule has 0 radical (unpaired) electrons. The van der Waals surface area contributed by atoms with Crippen molar-refractivity contribution in [1.29, 1.82) is 0 Å². The van der Waals surface area contributed by atoms with Crippen molar-refractivity contribution in [2.24, 2.45) is 0 Å². The third kappa shape index (κ3) is 5.38. The van der Waals surface area contributed by atoms with Gasteiger partial charge in [-0.25, -0.2) is 8.42 Å². The van der Waals surface area contributed by atoms with Crippen LogP contribution in [0.25, 0.3) is 0 Å². The molecule has 1 saturated heterocycles. The van der Waals surface area contributed by atoms with Crippen LogP contribution in [-0.2, 0) is 10.0 Å². The van der Waals surface area contributed by atoms with Gasteiger partial charge in [0.25, 0.3) is 0 Å². The second-order valence-corrected chi connectivity index (χ2v) is 8.99. The van der Waals surface area contributed by atoms with Crippen LogP contribution in [0.2, 0.25) is 0 Å². The largest absolute Gasteiger partial charge is 0.497 e. The fraction of sp³-hybridized carbons (Fsp3) is 0.409. The first-order valence-corrected chi connectivity index (χ1v) is 11.5. The van der Waals surface area contributed by atoms with E-state index in [-0.39, 0.29) is 10.7 Å². The normalized spacial score (nSPS) is 15.7. The molecule has 0 aromatic heterocycles. The smallest absolute Gasteiger partial charge is 0.243 e. The molecule has 3 rings (SSSR count). The van der Waals surface area contributed by atoms with Crippen LogP contribution in [0.15, 0.2) is 53.4 Å². The summed E-state index contributed by atoms with van der Waals surface area (Å²) >= 11 is 0. The molecule has 0 atom stereocenters. The Labute approximate surface area is 178 Å². The number of hydrogen-bond acceptors (Lipinski definition) is 6. The summed E-state index contributed by atoms with van der Waals surface area (Å²) in [6.07, 6.45) is 0.388. The van der Waals surface area contributed by atoms with Crippen molar-refractivity contribution in [1.82, 2.24) is 9.21 Å². The SMILES string of the molecule is CCOc1ccc(S(=O)(=O)N2CCN(CCC(=O)c3cccc(OC)c3)CC2)cc1. The zero-order chi connectivity index (χ0) is 21.6. The van der Waals surface area contributed by atoms with Gasteiger partial charge in [-0.15, -0.1) is 0 Å². The minimum absolute atomic E-state index is 0.0540. The van der Waals surface area contributed by atoms with Gasteiger partial charge >= 0.3 is 0 Å². The Balaban J connectivity index is 1.52. The van der Waals surface area contributed by atoms with Gasteiger partial charge in [0.1, 0.15) is 11.5 Å². The highest BCUT2D eigenvalue weighted by molar-refractivity contribution is 7.89. The zero-order valence-corrected chi connectivity index (χ0v) is 18.2. The van der Waals surface area contributed by atoms with Crippen LogP contribution >= 0.6 is 0 Å². The van der Waals surface area contributed by atoms with Crippen LogP contribution in [0.4, 0.5) is 0 Å². The molecular formula is C22H28N2O5S. The van der Waals surface area contributed by atoms with Gasteiger partial charge in [-0.1, -0.05) is 12.1 Å².